The highest BCUT2D eigenvalue weighted by molar-refractivity contribution is 7.89. The van der Waals surface area contributed by atoms with E-state index in [1.807, 2.05) is 6.92 Å². The van der Waals surface area contributed by atoms with Gasteiger partial charge in [-0.3, -0.25) is 0 Å². The van der Waals surface area contributed by atoms with Crippen molar-refractivity contribution in [2.24, 2.45) is 0 Å². The second kappa shape index (κ2) is 6.59. The molecule has 6 heteroatoms. The normalized spacial score (nSPS) is 14.4. The summed E-state index contributed by atoms with van der Waals surface area (Å²) < 4.78 is 29.7. The molecule has 4 nitrogen and oxygen atoms in total. The Bertz CT molecular complexity index is 214. The Hall–Kier alpha value is 0.160. The lowest BCUT2D eigenvalue weighted by Crippen LogP contribution is -2.38. The number of nitrogens with one attached hydrogen (secondary N) is 1. The van der Waals surface area contributed by atoms with Crippen LogP contribution in [0.25, 0.3) is 0 Å². The van der Waals surface area contributed by atoms with Gasteiger partial charge < -0.3 is 4.74 Å². The molecular weight excluding hydrogens is 214 g/mol. The molecule has 0 bridgehead atoms. The van der Waals surface area contributed by atoms with Gasteiger partial charge in [-0.25, -0.2) is 13.1 Å². The van der Waals surface area contributed by atoms with Crippen LogP contribution in [0.5, 0.6) is 0 Å². The zero-order valence-corrected chi connectivity index (χ0v) is 9.49. The van der Waals surface area contributed by atoms with Crippen LogP contribution in [0.2, 0.25) is 0 Å². The lowest BCUT2D eigenvalue weighted by atomic mass is 10.3. The Morgan fingerprint density at radius 3 is 2.54 bits per heavy atom. The third kappa shape index (κ3) is 6.26. The first kappa shape index (κ1) is 13.2. The van der Waals surface area contributed by atoms with Crippen LogP contribution >= 0.6 is 11.6 Å². The number of halogens is 1. The van der Waals surface area contributed by atoms with Crippen LogP contribution in [0.3, 0.4) is 0 Å². The minimum Gasteiger partial charge on any atom is -0.384 e. The molecule has 13 heavy (non-hydrogen) atoms. The molecule has 0 aliphatic carbocycles. The zero-order valence-electron chi connectivity index (χ0n) is 7.92. The Morgan fingerprint density at radius 1 is 1.54 bits per heavy atom. The van der Waals surface area contributed by atoms with Crippen molar-refractivity contribution in [2.45, 2.75) is 19.4 Å². The minimum atomic E-state index is -3.23. The van der Waals surface area contributed by atoms with Gasteiger partial charge in [0.1, 0.15) is 0 Å². The summed E-state index contributed by atoms with van der Waals surface area (Å²) in [7, 11) is -1.76. The van der Waals surface area contributed by atoms with Gasteiger partial charge in [-0.05, 0) is 6.42 Å². The molecule has 0 aromatic rings. The van der Waals surface area contributed by atoms with Gasteiger partial charge in [-0.2, -0.15) is 0 Å². The molecule has 0 radical (unpaired) electrons. The molecule has 0 aromatic heterocycles. The maximum absolute atomic E-state index is 11.3. The number of rotatable bonds is 7. The fraction of sp³-hybridized carbons (Fsp3) is 1.00. The van der Waals surface area contributed by atoms with Crippen molar-refractivity contribution in [1.82, 2.24) is 4.72 Å². The molecule has 80 valence electrons. The van der Waals surface area contributed by atoms with Crippen molar-refractivity contribution in [1.29, 1.82) is 0 Å². The number of hydrogen-bond acceptors (Lipinski definition) is 3. The summed E-state index contributed by atoms with van der Waals surface area (Å²) in [5, 5.41) is 0. The first-order valence-electron chi connectivity index (χ1n) is 4.10. The lowest BCUT2D eigenvalue weighted by molar-refractivity contribution is 0.216. The van der Waals surface area contributed by atoms with E-state index in [-0.39, 0.29) is 18.4 Å². The topological polar surface area (TPSA) is 55.4 Å². The summed E-state index contributed by atoms with van der Waals surface area (Å²) in [5.74, 6) is 0.277. The molecule has 0 aromatic carbocycles. The number of methoxy groups -OCH3 is 1. The van der Waals surface area contributed by atoms with Crippen molar-refractivity contribution >= 4 is 21.6 Å². The molecule has 0 rings (SSSR count). The molecule has 1 unspecified atom stereocenters. The van der Waals surface area contributed by atoms with E-state index in [0.717, 1.165) is 0 Å². The average Bonchev–Trinajstić information content (AvgIpc) is 2.11. The van der Waals surface area contributed by atoms with Gasteiger partial charge in [0.2, 0.25) is 10.0 Å². The van der Waals surface area contributed by atoms with E-state index in [0.29, 0.717) is 12.3 Å². The highest BCUT2D eigenvalue weighted by Gasteiger charge is 2.14. The van der Waals surface area contributed by atoms with Crippen molar-refractivity contribution in [2.75, 3.05) is 25.3 Å². The first-order chi connectivity index (χ1) is 6.05. The number of sulfonamides is 1. The van der Waals surface area contributed by atoms with Gasteiger partial charge in [0.05, 0.1) is 12.4 Å². The summed E-state index contributed by atoms with van der Waals surface area (Å²) in [6.45, 7) is 2.08. The molecule has 0 heterocycles. The molecular formula is C7H16ClNO3S. The van der Waals surface area contributed by atoms with Gasteiger partial charge in [0.25, 0.3) is 0 Å². The molecule has 0 aliphatic heterocycles. The average molecular weight is 230 g/mol. The molecule has 0 fully saturated rings. The van der Waals surface area contributed by atoms with E-state index in [2.05, 4.69) is 9.46 Å². The second-order valence-electron chi connectivity index (χ2n) is 2.69. The lowest BCUT2D eigenvalue weighted by Gasteiger charge is -2.13. The van der Waals surface area contributed by atoms with Crippen molar-refractivity contribution in [3.05, 3.63) is 0 Å². The maximum atomic E-state index is 11.3. The fourth-order valence-electron chi connectivity index (χ4n) is 0.730. The highest BCUT2D eigenvalue weighted by Crippen LogP contribution is 1.97. The molecule has 0 amide bonds. The smallest absolute Gasteiger partial charge is 0.214 e. The van der Waals surface area contributed by atoms with Crippen molar-refractivity contribution in [3.8, 4) is 0 Å². The summed E-state index contributed by atoms with van der Waals surface area (Å²) in [4.78, 5) is 0. The highest BCUT2D eigenvalue weighted by atomic mass is 35.5. The van der Waals surface area contributed by atoms with Gasteiger partial charge in [0, 0.05) is 19.0 Å². The monoisotopic (exact) mass is 229 g/mol. The van der Waals surface area contributed by atoms with Crippen LogP contribution in [0.4, 0.5) is 0 Å². The second-order valence-corrected chi connectivity index (χ2v) is 4.87. The van der Waals surface area contributed by atoms with Crippen LogP contribution in [0.1, 0.15) is 13.3 Å². The summed E-state index contributed by atoms with van der Waals surface area (Å²) >= 11 is 5.55. The molecule has 1 atom stereocenters. The van der Waals surface area contributed by atoms with Crippen LogP contribution < -0.4 is 4.72 Å². The number of ether oxygens (including phenoxy) is 1. The molecule has 0 spiro atoms. The summed E-state index contributed by atoms with van der Waals surface area (Å²) in [6.07, 6.45) is 0.690. The molecule has 0 saturated carbocycles. The largest absolute Gasteiger partial charge is 0.384 e. The van der Waals surface area contributed by atoms with E-state index < -0.39 is 10.0 Å². The predicted octanol–water partition coefficient (Wildman–Crippen LogP) is 0.570. The minimum absolute atomic E-state index is 0.0170. The molecule has 0 saturated heterocycles. The van der Waals surface area contributed by atoms with Crippen LogP contribution in [0.15, 0.2) is 0 Å². The third-order valence-corrected chi connectivity index (χ3v) is 3.35. The maximum Gasteiger partial charge on any atom is 0.214 e. The number of hydrogen-bond donors (Lipinski definition) is 1. The zero-order chi connectivity index (χ0) is 10.3. The van der Waals surface area contributed by atoms with Crippen molar-refractivity contribution < 1.29 is 13.2 Å². The number of alkyl halides is 1. The third-order valence-electron chi connectivity index (χ3n) is 1.58. The molecule has 1 N–H and O–H groups in total. The SMILES string of the molecule is CCC(CCl)NS(=O)(=O)CCOC. The van der Waals surface area contributed by atoms with Crippen molar-refractivity contribution in [3.63, 3.8) is 0 Å². The van der Waals surface area contributed by atoms with E-state index in [9.17, 15) is 8.42 Å². The van der Waals surface area contributed by atoms with E-state index in [1.165, 1.54) is 7.11 Å². The quantitative estimate of drug-likeness (QED) is 0.650. The Kier molecular flexibility index (Phi) is 6.67. The fourth-order valence-corrected chi connectivity index (χ4v) is 2.38. The van der Waals surface area contributed by atoms with Gasteiger partial charge in [-0.15, -0.1) is 11.6 Å². The first-order valence-corrected chi connectivity index (χ1v) is 6.29. The van der Waals surface area contributed by atoms with E-state index in [1.54, 1.807) is 0 Å². The van der Waals surface area contributed by atoms with E-state index in [4.69, 9.17) is 11.6 Å². The summed E-state index contributed by atoms with van der Waals surface area (Å²) in [6, 6.07) is -0.177. The van der Waals surface area contributed by atoms with E-state index >= 15 is 0 Å². The Labute approximate surface area is 84.7 Å². The standard InChI is InChI=1S/C7H16ClNO3S/c1-3-7(6-8)9-13(10,11)5-4-12-2/h7,9H,3-6H2,1-2H3. The van der Waals surface area contributed by atoms with Crippen LogP contribution in [-0.4, -0.2) is 39.8 Å². The van der Waals surface area contributed by atoms with Crippen LogP contribution in [0, 0.1) is 0 Å². The summed E-state index contributed by atoms with van der Waals surface area (Å²) in [5.41, 5.74) is 0. The predicted molar refractivity (Wildman–Crippen MR) is 53.6 cm³/mol. The van der Waals surface area contributed by atoms with Gasteiger partial charge >= 0.3 is 0 Å². The Balaban J connectivity index is 4.00. The van der Waals surface area contributed by atoms with Crippen LogP contribution in [-0.2, 0) is 14.8 Å². The Morgan fingerprint density at radius 2 is 2.15 bits per heavy atom. The van der Waals surface area contributed by atoms with Gasteiger partial charge in [0.15, 0.2) is 0 Å². The molecule has 0 aliphatic rings. The van der Waals surface area contributed by atoms with Gasteiger partial charge in [-0.1, -0.05) is 6.92 Å².